The van der Waals surface area contributed by atoms with Gasteiger partial charge in [0.2, 0.25) is 0 Å². The lowest BCUT2D eigenvalue weighted by atomic mass is 9.67. The molecule has 0 atom stereocenters. The highest BCUT2D eigenvalue weighted by atomic mass is 14.5. The predicted molar refractivity (Wildman–Crippen MR) is 58.6 cm³/mol. The summed E-state index contributed by atoms with van der Waals surface area (Å²) < 4.78 is 0. The molecule has 1 rings (SSSR count). The van der Waals surface area contributed by atoms with Crippen LogP contribution < -0.4 is 5.73 Å². The molecule has 0 aromatic carbocycles. The van der Waals surface area contributed by atoms with Crippen LogP contribution in [0.2, 0.25) is 0 Å². The third kappa shape index (κ3) is 3.30. The molecule has 0 spiro atoms. The van der Waals surface area contributed by atoms with Crippen LogP contribution in [0.15, 0.2) is 0 Å². The molecular formula is C12H25N. The summed E-state index contributed by atoms with van der Waals surface area (Å²) in [4.78, 5) is 0. The summed E-state index contributed by atoms with van der Waals surface area (Å²) >= 11 is 0. The Labute approximate surface area is 83.1 Å². The van der Waals surface area contributed by atoms with E-state index in [0.29, 0.717) is 5.41 Å². The van der Waals surface area contributed by atoms with Gasteiger partial charge in [-0.3, -0.25) is 0 Å². The standard InChI is InChI=1S/C12H25N/c1-11(2)10-12(8-9-13)6-4-3-5-7-12/h11H,3-10,13H2,1-2H3. The topological polar surface area (TPSA) is 26.0 Å². The number of hydrogen-bond acceptors (Lipinski definition) is 1. The Kier molecular flexibility index (Phi) is 4.24. The molecule has 1 heteroatoms. The Morgan fingerprint density at radius 1 is 1.15 bits per heavy atom. The Morgan fingerprint density at radius 3 is 2.23 bits per heavy atom. The van der Waals surface area contributed by atoms with Crippen LogP contribution in [0, 0.1) is 11.3 Å². The minimum Gasteiger partial charge on any atom is -0.330 e. The SMILES string of the molecule is CC(C)CC1(CCN)CCCCC1. The minimum absolute atomic E-state index is 0.626. The van der Waals surface area contributed by atoms with Gasteiger partial charge < -0.3 is 5.73 Å². The van der Waals surface area contributed by atoms with Crippen LogP contribution in [0.1, 0.15) is 58.8 Å². The molecule has 2 N–H and O–H groups in total. The first kappa shape index (κ1) is 11.0. The molecule has 1 nitrogen and oxygen atoms in total. The van der Waals surface area contributed by atoms with Gasteiger partial charge in [-0.15, -0.1) is 0 Å². The zero-order chi connectivity index (χ0) is 9.73. The quantitative estimate of drug-likeness (QED) is 0.711. The molecule has 0 unspecified atom stereocenters. The lowest BCUT2D eigenvalue weighted by Gasteiger charge is -2.38. The van der Waals surface area contributed by atoms with E-state index in [1.165, 1.54) is 44.9 Å². The van der Waals surface area contributed by atoms with Crippen LogP contribution in [0.3, 0.4) is 0 Å². The van der Waals surface area contributed by atoms with Gasteiger partial charge in [0, 0.05) is 0 Å². The zero-order valence-electron chi connectivity index (χ0n) is 9.31. The maximum Gasteiger partial charge on any atom is -0.00720 e. The highest BCUT2D eigenvalue weighted by Gasteiger charge is 2.31. The van der Waals surface area contributed by atoms with Crippen molar-refractivity contribution in [2.24, 2.45) is 17.1 Å². The Morgan fingerprint density at radius 2 is 1.77 bits per heavy atom. The van der Waals surface area contributed by atoms with Crippen LogP contribution in [0.25, 0.3) is 0 Å². The molecule has 13 heavy (non-hydrogen) atoms. The van der Waals surface area contributed by atoms with Gasteiger partial charge in [0.05, 0.1) is 0 Å². The highest BCUT2D eigenvalue weighted by Crippen LogP contribution is 2.43. The molecule has 1 aliphatic rings. The van der Waals surface area contributed by atoms with E-state index in [1.54, 1.807) is 0 Å². The fraction of sp³-hybridized carbons (Fsp3) is 1.00. The summed E-state index contributed by atoms with van der Waals surface area (Å²) in [7, 11) is 0. The maximum atomic E-state index is 5.72. The van der Waals surface area contributed by atoms with Gasteiger partial charge in [0.1, 0.15) is 0 Å². The van der Waals surface area contributed by atoms with E-state index in [9.17, 15) is 0 Å². The highest BCUT2D eigenvalue weighted by molar-refractivity contribution is 4.83. The first-order chi connectivity index (χ1) is 6.18. The van der Waals surface area contributed by atoms with Crippen molar-refractivity contribution < 1.29 is 0 Å². The lowest BCUT2D eigenvalue weighted by Crippen LogP contribution is -2.28. The number of hydrogen-bond donors (Lipinski definition) is 1. The molecule has 78 valence electrons. The molecule has 1 aliphatic carbocycles. The molecule has 0 saturated heterocycles. The largest absolute Gasteiger partial charge is 0.330 e. The molecule has 0 aliphatic heterocycles. The summed E-state index contributed by atoms with van der Waals surface area (Å²) in [6, 6.07) is 0. The van der Waals surface area contributed by atoms with E-state index in [1.807, 2.05) is 0 Å². The minimum atomic E-state index is 0.626. The second-order valence-electron chi connectivity index (χ2n) is 5.20. The van der Waals surface area contributed by atoms with Crippen molar-refractivity contribution in [1.82, 2.24) is 0 Å². The summed E-state index contributed by atoms with van der Waals surface area (Å²) in [6.07, 6.45) is 9.84. The fourth-order valence-electron chi connectivity index (χ4n) is 3.03. The Balaban J connectivity index is 2.50. The van der Waals surface area contributed by atoms with Crippen molar-refractivity contribution >= 4 is 0 Å². The van der Waals surface area contributed by atoms with Crippen LogP contribution in [-0.4, -0.2) is 6.54 Å². The van der Waals surface area contributed by atoms with E-state index < -0.39 is 0 Å². The van der Waals surface area contributed by atoms with Gasteiger partial charge in [-0.25, -0.2) is 0 Å². The molecule has 1 fully saturated rings. The first-order valence-electron chi connectivity index (χ1n) is 5.89. The van der Waals surface area contributed by atoms with Gasteiger partial charge in [0.15, 0.2) is 0 Å². The molecule has 0 aromatic heterocycles. The monoisotopic (exact) mass is 183 g/mol. The molecule has 1 saturated carbocycles. The normalized spacial score (nSPS) is 22.2. The number of rotatable bonds is 4. The third-order valence-corrected chi connectivity index (χ3v) is 3.43. The fourth-order valence-corrected chi connectivity index (χ4v) is 3.03. The van der Waals surface area contributed by atoms with Crippen molar-refractivity contribution in [3.05, 3.63) is 0 Å². The van der Waals surface area contributed by atoms with Crippen molar-refractivity contribution in [2.45, 2.75) is 58.8 Å². The lowest BCUT2D eigenvalue weighted by molar-refractivity contribution is 0.139. The summed E-state index contributed by atoms with van der Waals surface area (Å²) in [6.45, 7) is 5.56. The summed E-state index contributed by atoms with van der Waals surface area (Å²) in [5, 5.41) is 0. The van der Waals surface area contributed by atoms with Crippen molar-refractivity contribution in [3.8, 4) is 0 Å². The summed E-state index contributed by atoms with van der Waals surface area (Å²) in [5.41, 5.74) is 6.35. The van der Waals surface area contributed by atoms with Crippen LogP contribution in [0.4, 0.5) is 0 Å². The van der Waals surface area contributed by atoms with Crippen LogP contribution >= 0.6 is 0 Å². The van der Waals surface area contributed by atoms with Crippen molar-refractivity contribution in [1.29, 1.82) is 0 Å². The van der Waals surface area contributed by atoms with Gasteiger partial charge in [-0.1, -0.05) is 33.1 Å². The van der Waals surface area contributed by atoms with Crippen molar-refractivity contribution in [2.75, 3.05) is 6.54 Å². The van der Waals surface area contributed by atoms with Gasteiger partial charge in [0.25, 0.3) is 0 Å². The van der Waals surface area contributed by atoms with Gasteiger partial charge >= 0.3 is 0 Å². The second kappa shape index (κ2) is 4.99. The molecule has 0 bridgehead atoms. The molecular weight excluding hydrogens is 158 g/mol. The van der Waals surface area contributed by atoms with E-state index >= 15 is 0 Å². The van der Waals surface area contributed by atoms with E-state index in [4.69, 9.17) is 5.73 Å². The average Bonchev–Trinajstić information content (AvgIpc) is 2.04. The maximum absolute atomic E-state index is 5.72. The second-order valence-corrected chi connectivity index (χ2v) is 5.20. The van der Waals surface area contributed by atoms with E-state index in [-0.39, 0.29) is 0 Å². The van der Waals surface area contributed by atoms with E-state index in [2.05, 4.69) is 13.8 Å². The van der Waals surface area contributed by atoms with E-state index in [0.717, 1.165) is 12.5 Å². The predicted octanol–water partition coefficient (Wildman–Crippen LogP) is 3.33. The molecule has 0 aromatic rings. The van der Waals surface area contributed by atoms with Crippen LogP contribution in [-0.2, 0) is 0 Å². The van der Waals surface area contributed by atoms with Gasteiger partial charge in [-0.05, 0) is 43.6 Å². The van der Waals surface area contributed by atoms with Crippen molar-refractivity contribution in [3.63, 3.8) is 0 Å². The molecule has 0 amide bonds. The molecule has 0 radical (unpaired) electrons. The Bertz CT molecular complexity index is 129. The average molecular weight is 183 g/mol. The third-order valence-electron chi connectivity index (χ3n) is 3.43. The van der Waals surface area contributed by atoms with Crippen LogP contribution in [0.5, 0.6) is 0 Å². The Hall–Kier alpha value is -0.0400. The first-order valence-corrected chi connectivity index (χ1v) is 5.89. The smallest absolute Gasteiger partial charge is 0.00720 e. The number of nitrogens with two attached hydrogens (primary N) is 1. The zero-order valence-corrected chi connectivity index (χ0v) is 9.31. The summed E-state index contributed by atoms with van der Waals surface area (Å²) in [5.74, 6) is 0.838. The van der Waals surface area contributed by atoms with Gasteiger partial charge in [-0.2, -0.15) is 0 Å². The molecule has 0 heterocycles.